The molecule has 2 saturated heterocycles. The van der Waals surface area contributed by atoms with Crippen molar-refractivity contribution in [3.05, 3.63) is 53.1 Å². The second-order valence-corrected chi connectivity index (χ2v) is 17.2. The van der Waals surface area contributed by atoms with E-state index in [9.17, 15) is 28.0 Å². The zero-order valence-corrected chi connectivity index (χ0v) is 40.0. The topological polar surface area (TPSA) is 190 Å². The van der Waals surface area contributed by atoms with E-state index in [4.69, 9.17) is 19.5 Å². The zero-order valence-electron chi connectivity index (χ0n) is 40.0. The van der Waals surface area contributed by atoms with E-state index in [2.05, 4.69) is 67.6 Å². The molecule has 3 amide bonds. The Morgan fingerprint density at radius 2 is 1.31 bits per heavy atom. The van der Waals surface area contributed by atoms with Crippen LogP contribution in [0.1, 0.15) is 92.1 Å². The monoisotopic (exact) mass is 900 g/mol. The van der Waals surface area contributed by atoms with E-state index >= 15 is 0 Å². The van der Waals surface area contributed by atoms with Gasteiger partial charge in [-0.2, -0.15) is 4.99 Å². The molecule has 64 heavy (non-hydrogen) atoms. The maximum Gasteiger partial charge on any atom is 0.0398 e. The quantitative estimate of drug-likeness (QED) is 0.0618. The summed E-state index contributed by atoms with van der Waals surface area (Å²) in [7, 11) is 5.25. The first-order valence-electron chi connectivity index (χ1n) is 21.0. The number of hydrogen-bond acceptors (Lipinski definition) is 14. The molecule has 0 radical (unpaired) electrons. The molecule has 2 aliphatic heterocycles. The van der Waals surface area contributed by atoms with Crippen LogP contribution in [0.25, 0.3) is 0 Å². The number of aryl methyl sites for hydroxylation is 1. The summed E-state index contributed by atoms with van der Waals surface area (Å²) in [5.74, 6) is -1.85. The molecule has 2 aromatic rings. The Kier molecular flexibility index (Phi) is 23.3. The minimum Gasteiger partial charge on any atom is -0.388 e. The van der Waals surface area contributed by atoms with Gasteiger partial charge in [0.05, 0.1) is 0 Å². The van der Waals surface area contributed by atoms with Crippen molar-refractivity contribution in [1.29, 1.82) is 5.26 Å². The molecule has 2 aromatic carbocycles. The van der Waals surface area contributed by atoms with Gasteiger partial charge in [-0.15, -0.1) is 0 Å². The molecule has 2 heterocycles. The predicted molar refractivity (Wildman–Crippen MR) is 248 cm³/mol. The summed E-state index contributed by atoms with van der Waals surface area (Å²) in [5, 5.41) is 16.6. The van der Waals surface area contributed by atoms with Crippen LogP contribution in [0, 0.1) is 30.1 Å². The van der Waals surface area contributed by atoms with Gasteiger partial charge in [0.15, 0.2) is 0 Å². The third-order valence-corrected chi connectivity index (χ3v) is 8.49. The smallest absolute Gasteiger partial charge is 0.0398 e. The summed E-state index contributed by atoms with van der Waals surface area (Å²) >= 11 is 0. The van der Waals surface area contributed by atoms with E-state index in [0.717, 1.165) is 51.8 Å². The van der Waals surface area contributed by atoms with Gasteiger partial charge in [-0.3, -0.25) is 5.32 Å². The first-order chi connectivity index (χ1) is 29.8. The summed E-state index contributed by atoms with van der Waals surface area (Å²) in [6, 6.07) is 8.81. The van der Waals surface area contributed by atoms with Crippen molar-refractivity contribution in [3.8, 4) is 6.26 Å². The molecular weight excluding hydrogens is 831 g/mol. The van der Waals surface area contributed by atoms with Crippen molar-refractivity contribution < 1.29 is 46.8 Å². The third-order valence-electron chi connectivity index (χ3n) is 8.49. The molecule has 0 bridgehead atoms. The van der Waals surface area contributed by atoms with Gasteiger partial charge in [-0.05, 0) is 79.3 Å². The zero-order chi connectivity index (χ0) is 48.8. The molecule has 2 fully saturated rings. The van der Waals surface area contributed by atoms with Gasteiger partial charge in [0, 0.05) is 44.6 Å². The van der Waals surface area contributed by atoms with E-state index < -0.39 is 52.3 Å². The Balaban J connectivity index is 0.000000502. The fourth-order valence-electron chi connectivity index (χ4n) is 5.69. The van der Waals surface area contributed by atoms with Crippen LogP contribution in [0.2, 0.25) is 0 Å². The number of carbonyl (C=O) groups is 4. The molecule has 0 aromatic heterocycles. The van der Waals surface area contributed by atoms with Crippen LogP contribution in [0.4, 0.5) is 40.2 Å². The standard InChI is InChI=1S/C18H21BF2N4O4.C13H21N3.C11H20N2O4.C2H6/c1-18(2,3)29-17(27)23-16(19-28-11-22)25-6-4-24(5-7-25)12-8-14(20)13(10-26)15(21)9-12;1-11-10-12(14-2)4-5-13(11)16-8-6-15(3)7-9-16;1-10(2,3)16-8(14)12-7-13-9(15)17-11(4,5)6;1-2/h8-10H,4-7H2,1-3H3,(H,23,27);4-5,10,14H,6-9H2,1-3H3;7H,1-6H3,(H,12,13,14,15);1-2H3. The Bertz CT molecular complexity index is 1900. The first-order valence-corrected chi connectivity index (χ1v) is 21.0. The number of likely N-dealkylation sites (N-methyl/N-ethyl adjacent to an activating group) is 1. The van der Waals surface area contributed by atoms with Crippen molar-refractivity contribution >= 4 is 60.8 Å². The van der Waals surface area contributed by atoms with Crippen molar-refractivity contribution in [2.24, 2.45) is 4.99 Å². The number of nitrogens with zero attached hydrogens (tertiary/aromatic N) is 6. The Morgan fingerprint density at radius 1 is 0.797 bits per heavy atom. The number of aldehydes is 1. The van der Waals surface area contributed by atoms with Crippen LogP contribution in [0.15, 0.2) is 35.3 Å². The number of benzene rings is 2. The number of nitriles is 1. The van der Waals surface area contributed by atoms with Gasteiger partial charge in [0.25, 0.3) is 0 Å². The fourth-order valence-corrected chi connectivity index (χ4v) is 5.69. The van der Waals surface area contributed by atoms with Crippen molar-refractivity contribution in [1.82, 2.24) is 20.4 Å². The Morgan fingerprint density at radius 3 is 1.78 bits per heavy atom. The predicted octanol–water partition coefficient (Wildman–Crippen LogP) is 6.92. The van der Waals surface area contributed by atoms with E-state index in [1.165, 1.54) is 23.2 Å². The number of alkyl carbamates (subject to hydrolysis) is 2. The number of aliphatic imine (C=N–C) groups is 1. The number of ether oxygens (including phenoxy) is 3. The number of piperazine rings is 2. The summed E-state index contributed by atoms with van der Waals surface area (Å²) in [5.41, 5.74) is 1.96. The fraction of sp³-hybridized carbons (Fsp3) is 0.568. The van der Waals surface area contributed by atoms with Gasteiger partial charge in [-0.1, -0.05) is 13.8 Å². The second-order valence-electron chi connectivity index (χ2n) is 17.2. The Labute approximate surface area is 378 Å². The number of rotatable bonds is 8. The number of halogens is 2. The molecule has 2 aliphatic rings. The minimum absolute atomic E-state index is 0.140. The van der Waals surface area contributed by atoms with Crippen LogP contribution in [-0.4, -0.2) is 137 Å². The van der Waals surface area contributed by atoms with Crippen molar-refractivity contribution in [3.63, 3.8) is 0 Å². The largest absolute Gasteiger partial charge is 0.388 e. The summed E-state index contributed by atoms with van der Waals surface area (Å²) in [6.07, 6.45) is 0.433. The number of amides is 3. The molecule has 0 aliphatic carbocycles. The average molecular weight is 900 g/mol. The number of anilines is 3. The van der Waals surface area contributed by atoms with E-state index in [-0.39, 0.29) is 12.0 Å². The van der Waals surface area contributed by atoms with Gasteiger partial charge in [0.1, 0.15) is 17.5 Å². The van der Waals surface area contributed by atoms with E-state index in [1.807, 2.05) is 20.9 Å². The molecule has 0 atom stereocenters. The maximum atomic E-state index is 13.9. The molecule has 17 nitrogen and oxygen atoms in total. The van der Waals surface area contributed by atoms with Crippen LogP contribution < -0.4 is 25.8 Å². The van der Waals surface area contributed by atoms with E-state index in [1.54, 1.807) is 72.1 Å². The molecule has 0 saturated carbocycles. The minimum atomic E-state index is -0.924. The summed E-state index contributed by atoms with van der Waals surface area (Å²) < 4.78 is 47.4. The first kappa shape index (κ1) is 56.1. The SMILES string of the molecule is CC.CC(C)(C)OC(=O)/N=C/NC(=O)OC(C)(C)C.CC(C)(C)OC(=O)NC(=BOC#N)N1CCN(c2cc(F)c(C=O)c(F)c2)CC1.CNc1ccc(N2CCN(C)CC2)c(C)c1. The van der Waals surface area contributed by atoms with Gasteiger partial charge in [-0.25, -0.2) is 9.59 Å². The van der Waals surface area contributed by atoms with E-state index in [0.29, 0.717) is 31.9 Å². The number of nitrogens with one attached hydrogen (secondary N) is 3. The van der Waals surface area contributed by atoms with Gasteiger partial charge in [0.2, 0.25) is 0 Å². The molecule has 0 unspecified atom stereocenters. The third kappa shape index (κ3) is 21.9. The molecule has 4 rings (SSSR count). The van der Waals surface area contributed by atoms with Crippen LogP contribution in [0.5, 0.6) is 0 Å². The molecule has 20 heteroatoms. The normalized spacial score (nSPS) is 14.4. The molecular formula is C44H68BF2N9O8. The van der Waals surface area contributed by atoms with Crippen LogP contribution in [-0.2, 0) is 18.9 Å². The van der Waals surface area contributed by atoms with Crippen molar-refractivity contribution in [2.75, 3.05) is 81.6 Å². The van der Waals surface area contributed by atoms with Crippen LogP contribution >= 0.6 is 0 Å². The number of carbonyl (C=O) groups excluding carboxylic acids is 4. The molecule has 3 N–H and O–H groups in total. The van der Waals surface area contributed by atoms with Gasteiger partial charge >= 0.3 is 179 Å². The van der Waals surface area contributed by atoms with Gasteiger partial charge < -0.3 is 24.6 Å². The molecule has 0 spiro atoms. The maximum absolute atomic E-state index is 13.9. The summed E-state index contributed by atoms with van der Waals surface area (Å²) in [6.45, 7) is 27.8. The molecule has 354 valence electrons. The average Bonchev–Trinajstić information content (AvgIpc) is 3.19. The second kappa shape index (κ2) is 26.6. The van der Waals surface area contributed by atoms with Crippen LogP contribution in [0.3, 0.4) is 0 Å². The number of hydrogen-bond donors (Lipinski definition) is 3. The van der Waals surface area contributed by atoms with Crippen molar-refractivity contribution in [2.45, 2.75) is 99.9 Å². The summed E-state index contributed by atoms with van der Waals surface area (Å²) in [4.78, 5) is 56.8. The Hall–Kier alpha value is -5.97.